The molecule has 1 unspecified atom stereocenters. The van der Waals surface area contributed by atoms with Crippen LogP contribution in [0, 0.1) is 17.3 Å². The van der Waals surface area contributed by atoms with Gasteiger partial charge in [0.1, 0.15) is 29.4 Å². The number of hydrogen-bond acceptors (Lipinski definition) is 11. The summed E-state index contributed by atoms with van der Waals surface area (Å²) in [6.45, 7) is 15.4. The van der Waals surface area contributed by atoms with E-state index in [1.807, 2.05) is 64.3 Å². The number of thiazole rings is 1. The number of amides is 1. The molecule has 6 rings (SSSR count). The molecule has 1 amide bonds. The summed E-state index contributed by atoms with van der Waals surface area (Å²) in [5.41, 5.74) is 1.24. The lowest BCUT2D eigenvalue weighted by atomic mass is 9.77. The van der Waals surface area contributed by atoms with Crippen molar-refractivity contribution in [2.45, 2.75) is 122 Å². The molecule has 2 N–H and O–H groups in total. The molecule has 2 aliphatic carbocycles. The number of methoxy groups -OCH3 is 1. The first-order valence-electron chi connectivity index (χ1n) is 19.8. The number of allylic oxidation sites excluding steroid dienone is 1. The molecule has 6 atom stereocenters. The first-order chi connectivity index (χ1) is 26.5. The summed E-state index contributed by atoms with van der Waals surface area (Å²) in [7, 11) is -2.13. The maximum absolute atomic E-state index is 14.8. The molecule has 304 valence electrons. The van der Waals surface area contributed by atoms with Gasteiger partial charge in [0.15, 0.2) is 10.9 Å². The summed E-state index contributed by atoms with van der Waals surface area (Å²) < 4.78 is 31.7. The van der Waals surface area contributed by atoms with Gasteiger partial charge in [0.05, 0.1) is 48.4 Å². The summed E-state index contributed by atoms with van der Waals surface area (Å²) in [4.78, 5) is 65.0. The van der Waals surface area contributed by atoms with Crippen LogP contribution in [-0.4, -0.2) is 86.7 Å². The van der Waals surface area contributed by atoms with E-state index in [-0.39, 0.29) is 61.7 Å². The zero-order chi connectivity index (χ0) is 40.6. The van der Waals surface area contributed by atoms with Crippen molar-refractivity contribution in [1.29, 1.82) is 0 Å². The Morgan fingerprint density at radius 1 is 1.14 bits per heavy atom. The molecule has 56 heavy (non-hydrogen) atoms. The fraction of sp³-hybridized carbons (Fsp3) is 0.595. The predicted molar refractivity (Wildman–Crippen MR) is 220 cm³/mol. The maximum atomic E-state index is 14.8. The minimum absolute atomic E-state index is 0.0368. The van der Waals surface area contributed by atoms with E-state index >= 15 is 0 Å². The van der Waals surface area contributed by atoms with Crippen LogP contribution in [0.2, 0.25) is 0 Å². The third-order valence-electron chi connectivity index (χ3n) is 11.7. The number of esters is 1. The highest BCUT2D eigenvalue weighted by atomic mass is 32.1. The highest BCUT2D eigenvalue weighted by Gasteiger charge is 2.64. The Morgan fingerprint density at radius 2 is 1.88 bits per heavy atom. The number of carbonyl (C=O) groups excluding carboxylic acids is 3. The smallest absolute Gasteiger partial charge is 0.306 e. The number of rotatable bonds is 16. The summed E-state index contributed by atoms with van der Waals surface area (Å²) in [5.74, 6) is -0.973. The van der Waals surface area contributed by atoms with Crippen LogP contribution in [0.5, 0.6) is 11.5 Å². The van der Waals surface area contributed by atoms with E-state index in [9.17, 15) is 23.8 Å². The number of likely N-dealkylation sites (tertiary alicyclic amines) is 1. The van der Waals surface area contributed by atoms with Crippen molar-refractivity contribution in [3.05, 3.63) is 42.3 Å². The van der Waals surface area contributed by atoms with Crippen molar-refractivity contribution in [1.82, 2.24) is 14.9 Å². The van der Waals surface area contributed by atoms with Gasteiger partial charge in [-0.3, -0.25) is 18.9 Å². The highest BCUT2D eigenvalue weighted by Crippen LogP contribution is 2.72. The van der Waals surface area contributed by atoms with Gasteiger partial charge in [-0.1, -0.05) is 33.8 Å². The number of ether oxygens (including phenoxy) is 3. The number of fused-ring (bicyclic) bond motifs is 1. The Bertz CT molecular complexity index is 2010. The molecule has 2 aromatic heterocycles. The Balaban J connectivity index is 1.34. The topological polar surface area (TPSA) is 157 Å². The molecule has 3 aliphatic rings. The van der Waals surface area contributed by atoms with E-state index in [4.69, 9.17) is 24.2 Å². The number of Topliss-reactive ketones (excluding diaryl/α,β-unsaturated/α-hetero) is 1. The first-order valence-corrected chi connectivity index (χ1v) is 22.6. The molecule has 3 heterocycles. The minimum Gasteiger partial charge on any atom is -0.497 e. The first kappa shape index (κ1) is 41.8. The van der Waals surface area contributed by atoms with Crippen molar-refractivity contribution in [2.24, 2.45) is 17.3 Å². The molecule has 3 fully saturated rings. The van der Waals surface area contributed by atoms with Crippen LogP contribution < -0.4 is 14.8 Å². The van der Waals surface area contributed by atoms with Crippen LogP contribution in [0.1, 0.15) is 92.9 Å². The van der Waals surface area contributed by atoms with Gasteiger partial charge in [0.2, 0.25) is 13.3 Å². The molecule has 0 radical (unpaired) electrons. The van der Waals surface area contributed by atoms with Gasteiger partial charge >= 0.3 is 5.97 Å². The SMILES string of the molecule is C=C[C@@H]1C[C@]1(CC(=O)[C@@H]1C[C@@H](Oc2cc(-c3csc(NC(C)C)n3)nc3cc(OC)ccc23)CN1C(=O)[C@@H](CC(=O)OC1CCCC1)C(C)(C)C)P(=O)(O)CC. The summed E-state index contributed by atoms with van der Waals surface area (Å²) in [5, 5.41) is 5.64. The number of ketones is 1. The minimum atomic E-state index is -3.72. The summed E-state index contributed by atoms with van der Waals surface area (Å²) in [6, 6.07) is 6.62. The number of aromatic nitrogens is 2. The van der Waals surface area contributed by atoms with Gasteiger partial charge in [-0.15, -0.1) is 17.9 Å². The third kappa shape index (κ3) is 8.85. The largest absolute Gasteiger partial charge is 0.497 e. The number of anilines is 1. The Labute approximate surface area is 334 Å². The van der Waals surface area contributed by atoms with Crippen LogP contribution in [0.25, 0.3) is 22.3 Å². The van der Waals surface area contributed by atoms with E-state index in [1.165, 1.54) is 11.3 Å². The molecule has 12 nitrogen and oxygen atoms in total. The second-order valence-electron chi connectivity index (χ2n) is 17.0. The molecule has 1 aliphatic heterocycles. The van der Waals surface area contributed by atoms with Crippen LogP contribution in [0.4, 0.5) is 5.13 Å². The van der Waals surface area contributed by atoms with Crippen molar-refractivity contribution in [2.75, 3.05) is 25.1 Å². The second-order valence-corrected chi connectivity index (χ2v) is 20.8. The van der Waals surface area contributed by atoms with Crippen LogP contribution in [0.3, 0.4) is 0 Å². The molecular formula is C42H57N4O8PS. The maximum Gasteiger partial charge on any atom is 0.306 e. The lowest BCUT2D eigenvalue weighted by Gasteiger charge is -2.35. The van der Waals surface area contributed by atoms with E-state index in [1.54, 1.807) is 25.0 Å². The normalized spacial score (nSPS) is 24.2. The van der Waals surface area contributed by atoms with Crippen molar-refractivity contribution in [3.8, 4) is 22.9 Å². The molecule has 14 heteroatoms. The molecule has 0 spiro atoms. The van der Waals surface area contributed by atoms with Gasteiger partial charge in [0.25, 0.3) is 0 Å². The number of benzene rings is 1. The average Bonchev–Trinajstić information content (AvgIpc) is 3.55. The van der Waals surface area contributed by atoms with Gasteiger partial charge in [-0.05, 0) is 69.4 Å². The fourth-order valence-electron chi connectivity index (χ4n) is 8.31. The Kier molecular flexibility index (Phi) is 12.4. The molecule has 1 aromatic carbocycles. The molecule has 0 bridgehead atoms. The van der Waals surface area contributed by atoms with Crippen LogP contribution >= 0.6 is 18.7 Å². The lowest BCUT2D eigenvalue weighted by Crippen LogP contribution is -2.48. The monoisotopic (exact) mass is 808 g/mol. The zero-order valence-corrected chi connectivity index (χ0v) is 35.4. The van der Waals surface area contributed by atoms with Gasteiger partial charge in [0, 0.05) is 47.9 Å². The van der Waals surface area contributed by atoms with E-state index in [2.05, 4.69) is 11.9 Å². The van der Waals surface area contributed by atoms with Crippen molar-refractivity contribution in [3.63, 3.8) is 0 Å². The number of nitrogens with one attached hydrogen (secondary N) is 1. The Hall–Kier alpha value is -3.80. The average molecular weight is 809 g/mol. The van der Waals surface area contributed by atoms with Crippen LogP contribution in [0.15, 0.2) is 42.3 Å². The highest BCUT2D eigenvalue weighted by molar-refractivity contribution is 7.60. The van der Waals surface area contributed by atoms with E-state index in [0.29, 0.717) is 34.8 Å². The number of nitrogens with zero attached hydrogens (tertiary/aromatic N) is 3. The standard InChI is InChI=1S/C42H57N4O8PS/c1-9-26-21-42(26,55(50,51)10-2)22-36(47)35-18-29(23-46(35)39(49)31(41(5,6)7)19-38(48)54-27-13-11-12-14-27)53-37-20-33(34-24-56-40(45-34)43-25(3)4)44-32-17-28(52-8)15-16-30(32)37/h9,15-17,20,24-27,29,31,35H,1,10-14,18-19,21-23H2,2-8H3,(H,43,45)(H,50,51)/t26-,29-,31-,35+,42-/m1/s1. The fourth-order valence-corrected chi connectivity index (χ4v) is 11.3. The van der Waals surface area contributed by atoms with Crippen LogP contribution in [-0.2, 0) is 23.7 Å². The lowest BCUT2D eigenvalue weighted by molar-refractivity contribution is -0.156. The number of carbonyl (C=O) groups is 3. The quantitative estimate of drug-likeness (QED) is 0.0816. The molecular weight excluding hydrogens is 752 g/mol. The second kappa shape index (κ2) is 16.6. The van der Waals surface area contributed by atoms with Crippen molar-refractivity contribution < 1.29 is 38.1 Å². The third-order valence-corrected chi connectivity index (χ3v) is 15.4. The zero-order valence-electron chi connectivity index (χ0n) is 33.7. The number of hydrogen-bond donors (Lipinski definition) is 2. The summed E-state index contributed by atoms with van der Waals surface area (Å²) in [6.07, 6.45) is 4.87. The van der Waals surface area contributed by atoms with Gasteiger partial charge in [-0.2, -0.15) is 0 Å². The summed E-state index contributed by atoms with van der Waals surface area (Å²) >= 11 is 1.48. The Morgan fingerprint density at radius 3 is 2.50 bits per heavy atom. The predicted octanol–water partition coefficient (Wildman–Crippen LogP) is 8.27. The van der Waals surface area contributed by atoms with E-state index in [0.717, 1.165) is 36.2 Å². The van der Waals surface area contributed by atoms with E-state index < -0.39 is 42.0 Å². The van der Waals surface area contributed by atoms with Gasteiger partial charge < -0.3 is 29.3 Å². The molecule has 3 aromatic rings. The molecule has 1 saturated heterocycles. The van der Waals surface area contributed by atoms with Crippen molar-refractivity contribution >= 4 is 52.4 Å². The number of pyridine rings is 1. The molecule has 2 saturated carbocycles. The van der Waals surface area contributed by atoms with Gasteiger partial charge in [-0.25, -0.2) is 9.97 Å².